The average Bonchev–Trinajstić information content (AvgIpc) is 3.12. The molecule has 2 fully saturated rings. The van der Waals surface area contributed by atoms with Crippen LogP contribution in [0, 0.1) is 5.92 Å². The monoisotopic (exact) mass is 319 g/mol. The first-order chi connectivity index (χ1) is 10.7. The fourth-order valence-corrected chi connectivity index (χ4v) is 3.70. The Morgan fingerprint density at radius 2 is 2.23 bits per heavy atom. The van der Waals surface area contributed by atoms with Crippen LogP contribution in [-0.4, -0.2) is 24.5 Å². The van der Waals surface area contributed by atoms with Gasteiger partial charge in [0.05, 0.1) is 0 Å². The number of hydrazine groups is 1. The Morgan fingerprint density at radius 1 is 1.32 bits per heavy atom. The summed E-state index contributed by atoms with van der Waals surface area (Å²) in [5, 5.41) is 4.59. The molecule has 1 aliphatic carbocycles. The normalized spacial score (nSPS) is 27.8. The van der Waals surface area contributed by atoms with Crippen molar-refractivity contribution >= 4 is 28.5 Å². The number of benzene rings is 1. The SMILES string of the molecule is O=C(NC1CCC2NNCC2C1)c1cc2cc(Cl)ccc2o1. The zero-order chi connectivity index (χ0) is 15.1. The van der Waals surface area contributed by atoms with E-state index in [1.165, 1.54) is 0 Å². The second-order valence-electron chi connectivity index (χ2n) is 6.17. The van der Waals surface area contributed by atoms with Crippen molar-refractivity contribution in [3.8, 4) is 0 Å². The summed E-state index contributed by atoms with van der Waals surface area (Å²) in [6.07, 6.45) is 3.08. The number of carbonyl (C=O) groups is 1. The minimum Gasteiger partial charge on any atom is -0.451 e. The Balaban J connectivity index is 1.46. The maximum absolute atomic E-state index is 12.4. The lowest BCUT2D eigenvalue weighted by molar-refractivity contribution is 0.0892. The highest BCUT2D eigenvalue weighted by molar-refractivity contribution is 6.31. The van der Waals surface area contributed by atoms with Gasteiger partial charge in [-0.15, -0.1) is 0 Å². The third-order valence-corrected chi connectivity index (χ3v) is 4.91. The van der Waals surface area contributed by atoms with Gasteiger partial charge in [0.15, 0.2) is 5.76 Å². The van der Waals surface area contributed by atoms with Crippen LogP contribution >= 0.6 is 11.6 Å². The fourth-order valence-electron chi connectivity index (χ4n) is 3.51. The van der Waals surface area contributed by atoms with Crippen LogP contribution in [0.3, 0.4) is 0 Å². The van der Waals surface area contributed by atoms with Crippen LogP contribution in [0.2, 0.25) is 5.02 Å². The van der Waals surface area contributed by atoms with Gasteiger partial charge >= 0.3 is 0 Å². The number of rotatable bonds is 2. The van der Waals surface area contributed by atoms with Gasteiger partial charge in [-0.05, 0) is 49.4 Å². The van der Waals surface area contributed by atoms with Crippen LogP contribution in [0.4, 0.5) is 0 Å². The molecule has 2 aromatic rings. The van der Waals surface area contributed by atoms with Crippen LogP contribution < -0.4 is 16.2 Å². The van der Waals surface area contributed by atoms with Gasteiger partial charge in [-0.3, -0.25) is 15.6 Å². The fraction of sp³-hybridized carbons (Fsp3) is 0.438. The molecule has 22 heavy (non-hydrogen) atoms. The minimum atomic E-state index is -0.144. The van der Waals surface area contributed by atoms with Gasteiger partial charge in [0, 0.05) is 29.0 Å². The van der Waals surface area contributed by atoms with Crippen molar-refractivity contribution in [3.63, 3.8) is 0 Å². The molecule has 0 radical (unpaired) electrons. The summed E-state index contributed by atoms with van der Waals surface area (Å²) >= 11 is 5.96. The number of halogens is 1. The summed E-state index contributed by atoms with van der Waals surface area (Å²) in [5.41, 5.74) is 7.18. The Morgan fingerprint density at radius 3 is 3.14 bits per heavy atom. The number of fused-ring (bicyclic) bond motifs is 2. The van der Waals surface area contributed by atoms with Crippen molar-refractivity contribution in [1.29, 1.82) is 0 Å². The number of nitrogens with one attached hydrogen (secondary N) is 3. The van der Waals surface area contributed by atoms with E-state index in [1.54, 1.807) is 24.3 Å². The lowest BCUT2D eigenvalue weighted by Gasteiger charge is -2.30. The molecule has 6 heteroatoms. The first kappa shape index (κ1) is 14.1. The lowest BCUT2D eigenvalue weighted by Crippen LogP contribution is -2.44. The summed E-state index contributed by atoms with van der Waals surface area (Å²) in [4.78, 5) is 12.4. The van der Waals surface area contributed by atoms with E-state index >= 15 is 0 Å². The van der Waals surface area contributed by atoms with E-state index in [1.807, 2.05) is 0 Å². The van der Waals surface area contributed by atoms with Crippen molar-refractivity contribution < 1.29 is 9.21 Å². The van der Waals surface area contributed by atoms with E-state index in [0.717, 1.165) is 31.2 Å². The number of carbonyl (C=O) groups excluding carboxylic acids is 1. The maximum atomic E-state index is 12.4. The summed E-state index contributed by atoms with van der Waals surface area (Å²) in [5.74, 6) is 0.797. The molecule has 3 atom stereocenters. The predicted molar refractivity (Wildman–Crippen MR) is 84.7 cm³/mol. The molecule has 1 saturated heterocycles. The third kappa shape index (κ3) is 2.60. The van der Waals surface area contributed by atoms with Crippen molar-refractivity contribution in [1.82, 2.24) is 16.2 Å². The number of hydrogen-bond acceptors (Lipinski definition) is 4. The Hall–Kier alpha value is -1.56. The highest BCUT2D eigenvalue weighted by atomic mass is 35.5. The Labute approximate surface area is 133 Å². The minimum absolute atomic E-state index is 0.144. The van der Waals surface area contributed by atoms with Gasteiger partial charge in [0.2, 0.25) is 0 Å². The van der Waals surface area contributed by atoms with Crippen LogP contribution in [0.5, 0.6) is 0 Å². The standard InChI is InChI=1S/C16H18ClN3O2/c17-11-1-4-14-9(5-11)7-15(22-14)16(21)19-12-2-3-13-10(6-12)8-18-20-13/h1,4-5,7,10,12-13,18,20H,2-3,6,8H2,(H,19,21). The van der Waals surface area contributed by atoms with Gasteiger partial charge in [-0.25, -0.2) is 0 Å². The molecular weight excluding hydrogens is 302 g/mol. The number of hydrogen-bond donors (Lipinski definition) is 3. The highest BCUT2D eigenvalue weighted by Gasteiger charge is 2.34. The summed E-state index contributed by atoms with van der Waals surface area (Å²) in [7, 11) is 0. The summed E-state index contributed by atoms with van der Waals surface area (Å²) in [6, 6.07) is 7.86. The van der Waals surface area contributed by atoms with E-state index in [9.17, 15) is 4.79 Å². The summed E-state index contributed by atoms with van der Waals surface area (Å²) < 4.78 is 5.62. The predicted octanol–water partition coefficient (Wildman–Crippen LogP) is 2.46. The zero-order valence-electron chi connectivity index (χ0n) is 12.1. The third-order valence-electron chi connectivity index (χ3n) is 4.67. The van der Waals surface area contributed by atoms with E-state index in [4.69, 9.17) is 16.0 Å². The molecule has 1 aromatic carbocycles. The van der Waals surface area contributed by atoms with Gasteiger partial charge in [0.25, 0.3) is 5.91 Å². The maximum Gasteiger partial charge on any atom is 0.287 e. The van der Waals surface area contributed by atoms with Crippen LogP contribution in [0.15, 0.2) is 28.7 Å². The van der Waals surface area contributed by atoms with Gasteiger partial charge < -0.3 is 9.73 Å². The molecule has 2 aliphatic rings. The van der Waals surface area contributed by atoms with E-state index in [0.29, 0.717) is 28.3 Å². The first-order valence-electron chi connectivity index (χ1n) is 7.67. The second-order valence-corrected chi connectivity index (χ2v) is 6.60. The molecule has 5 nitrogen and oxygen atoms in total. The molecule has 0 bridgehead atoms. The quantitative estimate of drug-likeness (QED) is 0.795. The zero-order valence-corrected chi connectivity index (χ0v) is 12.8. The Bertz CT molecular complexity index is 714. The van der Waals surface area contributed by atoms with Crippen molar-refractivity contribution in [2.75, 3.05) is 6.54 Å². The lowest BCUT2D eigenvalue weighted by atomic mass is 9.83. The van der Waals surface area contributed by atoms with Gasteiger partial charge in [-0.1, -0.05) is 11.6 Å². The van der Waals surface area contributed by atoms with Gasteiger partial charge in [0.1, 0.15) is 5.58 Å². The van der Waals surface area contributed by atoms with Crippen LogP contribution in [-0.2, 0) is 0 Å². The van der Waals surface area contributed by atoms with Gasteiger partial charge in [-0.2, -0.15) is 0 Å². The molecule has 3 unspecified atom stereocenters. The second kappa shape index (κ2) is 5.57. The summed E-state index contributed by atoms with van der Waals surface area (Å²) in [6.45, 7) is 0.972. The smallest absolute Gasteiger partial charge is 0.287 e. The molecule has 2 heterocycles. The molecule has 1 amide bonds. The van der Waals surface area contributed by atoms with E-state index in [-0.39, 0.29) is 11.9 Å². The average molecular weight is 320 g/mol. The van der Waals surface area contributed by atoms with Crippen molar-refractivity contribution in [3.05, 3.63) is 35.0 Å². The van der Waals surface area contributed by atoms with Crippen molar-refractivity contribution in [2.45, 2.75) is 31.3 Å². The topological polar surface area (TPSA) is 66.3 Å². The molecule has 1 aliphatic heterocycles. The van der Waals surface area contributed by atoms with Crippen molar-refractivity contribution in [2.24, 2.45) is 5.92 Å². The molecule has 3 N–H and O–H groups in total. The molecule has 1 saturated carbocycles. The molecular formula is C16H18ClN3O2. The van der Waals surface area contributed by atoms with Crippen LogP contribution in [0.25, 0.3) is 11.0 Å². The molecule has 1 aromatic heterocycles. The largest absolute Gasteiger partial charge is 0.451 e. The first-order valence-corrected chi connectivity index (χ1v) is 8.05. The Kier molecular flexibility index (Phi) is 3.56. The van der Waals surface area contributed by atoms with Crippen LogP contribution in [0.1, 0.15) is 29.8 Å². The molecule has 116 valence electrons. The van der Waals surface area contributed by atoms with E-state index < -0.39 is 0 Å². The number of amides is 1. The molecule has 0 spiro atoms. The van der Waals surface area contributed by atoms with E-state index in [2.05, 4.69) is 16.2 Å². The highest BCUT2D eigenvalue weighted by Crippen LogP contribution is 2.27. The number of furan rings is 1. The molecule has 4 rings (SSSR count).